The lowest BCUT2D eigenvalue weighted by Crippen LogP contribution is -2.57. The van der Waals surface area contributed by atoms with E-state index in [9.17, 15) is 60.9 Å². The molecular weight excluding hydrogens is 748 g/mol. The molecule has 0 bridgehead atoms. The lowest BCUT2D eigenvalue weighted by atomic mass is 9.98. The molecule has 10 N–H and O–H groups in total. The zero-order valence-corrected chi connectivity index (χ0v) is 27.5. The number of amides is 1. The number of β-amino-alcohol motifs (C(OH)–C–C–N with tert-alkyl or cyclic N) is 1. The van der Waals surface area contributed by atoms with Gasteiger partial charge in [0.05, 0.1) is 44.2 Å². The molecule has 29 heteroatoms. The van der Waals surface area contributed by atoms with Gasteiger partial charge in [-0.3, -0.25) is 22.4 Å². The largest absolute Gasteiger partial charge is 0.726 e. The van der Waals surface area contributed by atoms with E-state index in [0.29, 0.717) is 19.5 Å². The molecule has 3 saturated heterocycles. The molecule has 0 spiro atoms. The predicted octanol–water partition coefficient (Wildman–Crippen LogP) is -8.98. The highest BCUT2D eigenvalue weighted by Crippen LogP contribution is 2.25. The summed E-state index contributed by atoms with van der Waals surface area (Å²) in [4.78, 5) is 31.9. The van der Waals surface area contributed by atoms with Gasteiger partial charge >= 0.3 is 5.97 Å². The zero-order chi connectivity index (χ0) is 35.9. The molecule has 0 aromatic heterocycles. The van der Waals surface area contributed by atoms with E-state index < -0.39 is 101 Å². The zero-order valence-electron chi connectivity index (χ0n) is 25.0. The van der Waals surface area contributed by atoms with Crippen molar-refractivity contribution in [3.05, 3.63) is 0 Å². The summed E-state index contributed by atoms with van der Waals surface area (Å²) < 4.78 is 88.1. The van der Waals surface area contributed by atoms with Crippen molar-refractivity contribution in [2.75, 3.05) is 32.9 Å². The molecule has 292 valence electrons. The molecular formula is C20H36N2O24S3-4. The van der Waals surface area contributed by atoms with E-state index in [1.54, 1.807) is 0 Å². The van der Waals surface area contributed by atoms with Gasteiger partial charge in [0.1, 0.15) is 18.3 Å². The number of carbonyl (C=O) groups is 3. The third-order valence-electron chi connectivity index (χ3n) is 6.07. The molecule has 0 saturated carbocycles. The van der Waals surface area contributed by atoms with Gasteiger partial charge in [-0.2, -0.15) is 0 Å². The number of piperidine rings is 1. The van der Waals surface area contributed by atoms with E-state index in [-0.39, 0.29) is 42.2 Å². The van der Waals surface area contributed by atoms with Crippen molar-refractivity contribution in [1.29, 1.82) is 0 Å². The quantitative estimate of drug-likeness (QED) is 0.0267. The van der Waals surface area contributed by atoms with Crippen LogP contribution in [0.25, 0.3) is 0 Å². The van der Waals surface area contributed by atoms with Crippen LogP contribution in [0.15, 0.2) is 0 Å². The van der Waals surface area contributed by atoms with Crippen LogP contribution in [0.5, 0.6) is 0 Å². The summed E-state index contributed by atoms with van der Waals surface area (Å²) in [7, 11) is -9.90. The molecule has 0 aromatic rings. The maximum Gasteiger partial charge on any atom is 0.335 e. The fourth-order valence-electron chi connectivity index (χ4n) is 4.04. The van der Waals surface area contributed by atoms with Gasteiger partial charge < -0.3 is 75.7 Å². The van der Waals surface area contributed by atoms with Crippen molar-refractivity contribution in [2.45, 2.75) is 68.5 Å². The van der Waals surface area contributed by atoms with Crippen LogP contribution in [-0.2, 0) is 66.6 Å². The Hall–Kier alpha value is -1.98. The molecule has 0 aliphatic carbocycles. The minimum absolute atomic E-state index is 0. The summed E-state index contributed by atoms with van der Waals surface area (Å²) >= 11 is -0.116. The fourth-order valence-corrected chi connectivity index (χ4v) is 5.19. The predicted molar refractivity (Wildman–Crippen MR) is 145 cm³/mol. The second-order valence-corrected chi connectivity index (χ2v) is 12.2. The number of carboxylic acids is 2. The van der Waals surface area contributed by atoms with E-state index in [4.69, 9.17) is 19.7 Å². The number of nitrogens with one attached hydrogen (secondary N) is 2. The first-order valence-electron chi connectivity index (χ1n) is 13.0. The number of rotatable bonds is 12. The standard InChI is InChI=1S/C8H15NO7S.C6H11NO3.C6H10O12S2.2H2O/c1-5(10)9-7-4-15-6(2-8(7)11)3-16-17(12,13)14;8-5-1-4(6(9)10)2-7-3-5;7-3-2(16-20(11,12)13)1-14-5(6(8)9)4(3)15-19-18-17-10;;/h6-8,11H,2-4H2,1H3,(H,9,10)(H,12,13,14);4-5,7-8H,1-3H2,(H,9,10);2-5,7,10H,1H2,(H,8,9)(H,11,12,13);2*1H2/p-4/t6?,7?,8-;4?,5-;2?,3-,4+,5?;;/m110../s1. The molecule has 0 aromatic carbocycles. The van der Waals surface area contributed by atoms with Crippen LogP contribution >= 0.6 is 12.3 Å². The summed E-state index contributed by atoms with van der Waals surface area (Å²) in [5.41, 5.74) is 0. The number of carboxylic acid groups (broad SMARTS) is 2. The first-order chi connectivity index (χ1) is 21.7. The lowest BCUT2D eigenvalue weighted by Gasteiger charge is -2.36. The summed E-state index contributed by atoms with van der Waals surface area (Å²) in [5, 5.41) is 65.1. The first-order valence-corrected chi connectivity index (χ1v) is 16.3. The topological polar surface area (TPSA) is 444 Å². The summed E-state index contributed by atoms with van der Waals surface area (Å²) in [6.07, 6.45) is -8.60. The monoisotopic (exact) mass is 784 g/mol. The number of carbonyl (C=O) groups excluding carboxylic acids is 2. The Labute approximate surface area is 282 Å². The number of aliphatic carboxylic acids is 2. The molecule has 1 amide bonds. The van der Waals surface area contributed by atoms with Crippen LogP contribution in [0.4, 0.5) is 0 Å². The van der Waals surface area contributed by atoms with E-state index in [2.05, 4.69) is 32.6 Å². The Bertz CT molecular complexity index is 1210. The molecule has 0 radical (unpaired) electrons. The third-order valence-corrected chi connectivity index (χ3v) is 7.39. The smallest absolute Gasteiger partial charge is 0.335 e. The van der Waals surface area contributed by atoms with Crippen molar-refractivity contribution in [2.24, 2.45) is 5.92 Å². The van der Waals surface area contributed by atoms with Gasteiger partial charge in [0.2, 0.25) is 26.7 Å². The Kier molecular flexibility index (Phi) is 23.5. The van der Waals surface area contributed by atoms with Crippen LogP contribution < -0.4 is 21.0 Å². The molecule has 49 heavy (non-hydrogen) atoms. The average Bonchev–Trinajstić information content (AvgIpc) is 2.94. The van der Waals surface area contributed by atoms with Gasteiger partial charge in [-0.15, -0.1) is 4.33 Å². The minimum atomic E-state index is -5.15. The first kappa shape index (κ1) is 49.1. The van der Waals surface area contributed by atoms with Gasteiger partial charge in [0.25, 0.3) is 0 Å². The van der Waals surface area contributed by atoms with Crippen molar-refractivity contribution in [3.63, 3.8) is 0 Å². The SMILES string of the molecule is CC(=O)NC1COC(COS(=O)(=O)[O-])C[C@H]1O.O.O.O=C(O)C1OCC(OS(=O)(=O)[O-])[C@H](O)[C@H]1OSOO[O-].O=C([O-])C1CNC[C@H](O)C1. The van der Waals surface area contributed by atoms with Gasteiger partial charge in [-0.05, 0) is 6.42 Å². The Morgan fingerprint density at radius 3 is 2.08 bits per heavy atom. The Morgan fingerprint density at radius 1 is 1.00 bits per heavy atom. The second-order valence-electron chi connectivity index (χ2n) is 9.71. The van der Waals surface area contributed by atoms with Crippen LogP contribution in [0.3, 0.4) is 0 Å². The van der Waals surface area contributed by atoms with Crippen molar-refractivity contribution in [1.82, 2.24) is 10.6 Å². The third kappa shape index (κ3) is 20.5. The average molecular weight is 785 g/mol. The fraction of sp³-hybridized carbons (Fsp3) is 0.850. The highest BCUT2D eigenvalue weighted by atomic mass is 32.3. The molecule has 3 rings (SSSR count). The highest BCUT2D eigenvalue weighted by molar-refractivity contribution is 7.89. The summed E-state index contributed by atoms with van der Waals surface area (Å²) in [6, 6.07) is -0.535. The van der Waals surface area contributed by atoms with Gasteiger partial charge in [-0.1, -0.05) is 0 Å². The number of hydrogen-bond donors (Lipinski definition) is 6. The molecule has 3 heterocycles. The molecule has 3 aliphatic heterocycles. The maximum atomic E-state index is 10.9. The summed E-state index contributed by atoms with van der Waals surface area (Å²) in [5.74, 6) is -3.44. The summed E-state index contributed by atoms with van der Waals surface area (Å²) in [6.45, 7) is 1.14. The second kappa shape index (κ2) is 23.5. The molecule has 5 unspecified atom stereocenters. The van der Waals surface area contributed by atoms with Crippen molar-refractivity contribution < 1.29 is 113 Å². The van der Waals surface area contributed by atoms with E-state index >= 15 is 0 Å². The van der Waals surface area contributed by atoms with Crippen LogP contribution in [-0.4, -0.2) is 157 Å². The Morgan fingerprint density at radius 2 is 1.63 bits per heavy atom. The van der Waals surface area contributed by atoms with Crippen LogP contribution in [0, 0.1) is 5.92 Å². The van der Waals surface area contributed by atoms with Gasteiger partial charge in [0, 0.05) is 38.3 Å². The number of hydrogen-bond acceptors (Lipinski definition) is 23. The number of ether oxygens (including phenoxy) is 2. The van der Waals surface area contributed by atoms with Crippen LogP contribution in [0.1, 0.15) is 19.8 Å². The highest BCUT2D eigenvalue weighted by Gasteiger charge is 2.46. The van der Waals surface area contributed by atoms with Gasteiger partial charge in [-0.25, -0.2) is 21.6 Å². The Balaban J connectivity index is 0. The number of aliphatic hydroxyl groups excluding tert-OH is 3. The molecule has 3 fully saturated rings. The van der Waals surface area contributed by atoms with Crippen molar-refractivity contribution >= 4 is 51.0 Å². The lowest BCUT2D eigenvalue weighted by molar-refractivity contribution is -0.777. The molecule has 3 aliphatic rings. The molecule has 26 nitrogen and oxygen atoms in total. The van der Waals surface area contributed by atoms with Crippen LogP contribution in [0.2, 0.25) is 0 Å². The maximum absolute atomic E-state index is 10.9. The van der Waals surface area contributed by atoms with E-state index in [1.165, 1.54) is 6.92 Å². The van der Waals surface area contributed by atoms with Crippen molar-refractivity contribution in [3.8, 4) is 0 Å². The van der Waals surface area contributed by atoms with Gasteiger partial charge in [0.15, 0.2) is 18.4 Å². The number of aliphatic hydroxyl groups is 3. The minimum Gasteiger partial charge on any atom is -0.726 e. The normalized spacial score (nSPS) is 30.0. The van der Waals surface area contributed by atoms with E-state index in [1.807, 2.05) is 0 Å². The van der Waals surface area contributed by atoms with E-state index in [0.717, 1.165) is 0 Å². The molecule has 9 atom stereocenters.